The molecule has 0 aromatic heterocycles. The third kappa shape index (κ3) is 11.5. The number of hydrogen-bond donors (Lipinski definition) is 0. The van der Waals surface area contributed by atoms with E-state index in [9.17, 15) is 9.59 Å². The number of rotatable bonds is 9. The molecule has 0 N–H and O–H groups in total. The van der Waals surface area contributed by atoms with E-state index < -0.39 is 5.97 Å². The van der Waals surface area contributed by atoms with E-state index in [0.717, 1.165) is 18.2 Å². The van der Waals surface area contributed by atoms with Crippen LogP contribution in [0.3, 0.4) is 0 Å². The van der Waals surface area contributed by atoms with Gasteiger partial charge in [0.15, 0.2) is 0 Å². The van der Waals surface area contributed by atoms with Crippen molar-refractivity contribution in [2.24, 2.45) is 0 Å². The summed E-state index contributed by atoms with van der Waals surface area (Å²) in [6.07, 6.45) is 5.47. The molecule has 0 aromatic rings. The highest BCUT2D eigenvalue weighted by atomic mass is 79.9. The van der Waals surface area contributed by atoms with Gasteiger partial charge in [0.25, 0.3) is 0 Å². The Morgan fingerprint density at radius 2 is 1.67 bits per heavy atom. The maximum Gasteiger partial charge on any atom is 0.313 e. The van der Waals surface area contributed by atoms with Gasteiger partial charge in [-0.25, -0.2) is 0 Å². The van der Waals surface area contributed by atoms with Crippen LogP contribution in [0, 0.1) is 0 Å². The van der Waals surface area contributed by atoms with Gasteiger partial charge in [-0.05, 0) is 19.8 Å². The number of carbonyl (C=O) groups excluding carboxylic acids is 2. The van der Waals surface area contributed by atoms with Gasteiger partial charge in [0, 0.05) is 5.33 Å². The van der Waals surface area contributed by atoms with Gasteiger partial charge in [-0.2, -0.15) is 0 Å². The molecule has 4 heteroatoms. The van der Waals surface area contributed by atoms with Crippen molar-refractivity contribution in [3.8, 4) is 0 Å². The maximum absolute atomic E-state index is 10.9. The average molecular weight is 279 g/mol. The van der Waals surface area contributed by atoms with Gasteiger partial charge >= 0.3 is 5.97 Å². The highest BCUT2D eigenvalue weighted by Gasteiger charge is 2.05. The van der Waals surface area contributed by atoms with Crippen LogP contribution in [0.5, 0.6) is 0 Å². The van der Waals surface area contributed by atoms with E-state index in [4.69, 9.17) is 4.74 Å². The van der Waals surface area contributed by atoms with Gasteiger partial charge in [0.05, 0.1) is 6.61 Å². The molecule has 0 radical (unpaired) electrons. The Labute approximate surface area is 99.7 Å². The Hall–Kier alpha value is -0.380. The first-order chi connectivity index (χ1) is 7.16. The molecule has 88 valence electrons. The number of esters is 1. The fraction of sp³-hybridized carbons (Fsp3) is 0.818. The van der Waals surface area contributed by atoms with E-state index in [2.05, 4.69) is 15.9 Å². The number of unbranched alkanes of at least 4 members (excludes halogenated alkanes) is 4. The van der Waals surface area contributed by atoms with Gasteiger partial charge in [0.1, 0.15) is 12.2 Å². The van der Waals surface area contributed by atoms with E-state index in [0.29, 0.717) is 6.61 Å². The molecule has 0 unspecified atom stereocenters. The third-order valence-electron chi connectivity index (χ3n) is 1.93. The zero-order valence-electron chi connectivity index (χ0n) is 9.26. The number of alkyl halides is 1. The number of Topliss-reactive ketones (excluding diaryl/α,β-unsaturated/α-hetero) is 1. The molecule has 0 spiro atoms. The maximum atomic E-state index is 10.9. The lowest BCUT2D eigenvalue weighted by atomic mass is 10.2. The predicted octanol–water partition coefficient (Wildman–Crippen LogP) is 2.85. The predicted molar refractivity (Wildman–Crippen MR) is 63.1 cm³/mol. The van der Waals surface area contributed by atoms with Gasteiger partial charge in [-0.3, -0.25) is 9.59 Å². The molecule has 3 nitrogen and oxygen atoms in total. The molecule has 0 atom stereocenters. The van der Waals surface area contributed by atoms with Gasteiger partial charge in [0.2, 0.25) is 0 Å². The summed E-state index contributed by atoms with van der Waals surface area (Å²) in [6, 6.07) is 0. The molecule has 0 saturated carbocycles. The molecule has 0 bridgehead atoms. The smallest absolute Gasteiger partial charge is 0.313 e. The lowest BCUT2D eigenvalue weighted by molar-refractivity contribution is -0.145. The van der Waals surface area contributed by atoms with Crippen LogP contribution in [0.4, 0.5) is 0 Å². The Kier molecular flexibility index (Phi) is 9.89. The summed E-state index contributed by atoms with van der Waals surface area (Å²) in [5, 5.41) is 1.06. The summed E-state index contributed by atoms with van der Waals surface area (Å²) in [5.41, 5.74) is 0. The highest BCUT2D eigenvalue weighted by Crippen LogP contribution is 2.04. The molecule has 0 fully saturated rings. The minimum Gasteiger partial charge on any atom is -0.465 e. The molecule has 0 aliphatic rings. The zero-order chi connectivity index (χ0) is 11.5. The molecule has 0 heterocycles. The van der Waals surface area contributed by atoms with Crippen LogP contribution in [0.15, 0.2) is 0 Å². The topological polar surface area (TPSA) is 43.4 Å². The average Bonchev–Trinajstić information content (AvgIpc) is 2.15. The van der Waals surface area contributed by atoms with E-state index >= 15 is 0 Å². The number of ketones is 1. The Morgan fingerprint density at radius 1 is 1.07 bits per heavy atom. The normalized spacial score (nSPS) is 10.0. The lowest BCUT2D eigenvalue weighted by Gasteiger charge is -2.03. The van der Waals surface area contributed by atoms with E-state index in [1.54, 1.807) is 0 Å². The first-order valence-electron chi connectivity index (χ1n) is 5.38. The minimum absolute atomic E-state index is 0.0937. The SMILES string of the molecule is CC(=O)CC(=O)OCCCCCCCBr. The third-order valence-corrected chi connectivity index (χ3v) is 2.50. The van der Waals surface area contributed by atoms with Crippen molar-refractivity contribution in [2.45, 2.75) is 45.4 Å². The number of halogens is 1. The second-order valence-electron chi connectivity index (χ2n) is 3.56. The summed E-state index contributed by atoms with van der Waals surface area (Å²) in [6.45, 7) is 1.84. The van der Waals surface area contributed by atoms with Crippen LogP contribution in [0.2, 0.25) is 0 Å². The molecule has 0 rings (SSSR count). The van der Waals surface area contributed by atoms with Gasteiger partial charge < -0.3 is 4.74 Å². The summed E-state index contributed by atoms with van der Waals surface area (Å²) in [5.74, 6) is -0.541. The standard InChI is InChI=1S/C11H19BrO3/c1-10(13)9-11(14)15-8-6-4-2-3-5-7-12/h2-9H2,1H3. The Bertz CT molecular complexity index is 192. The molecule has 0 aromatic carbocycles. The van der Waals surface area contributed by atoms with Crippen molar-refractivity contribution in [3.05, 3.63) is 0 Å². The van der Waals surface area contributed by atoms with Crippen molar-refractivity contribution >= 4 is 27.7 Å². The molecular weight excluding hydrogens is 260 g/mol. The highest BCUT2D eigenvalue weighted by molar-refractivity contribution is 9.09. The summed E-state index contributed by atoms with van der Waals surface area (Å²) in [7, 11) is 0. The zero-order valence-corrected chi connectivity index (χ0v) is 10.8. The van der Waals surface area contributed by atoms with Crippen molar-refractivity contribution < 1.29 is 14.3 Å². The van der Waals surface area contributed by atoms with Crippen molar-refractivity contribution in [2.75, 3.05) is 11.9 Å². The van der Waals surface area contributed by atoms with Gasteiger partial charge in [-0.15, -0.1) is 0 Å². The van der Waals surface area contributed by atoms with Gasteiger partial charge in [-0.1, -0.05) is 35.2 Å². The second kappa shape index (κ2) is 10.1. The summed E-state index contributed by atoms with van der Waals surface area (Å²) in [4.78, 5) is 21.5. The molecule has 0 saturated heterocycles. The Balaban J connectivity index is 3.16. The Morgan fingerprint density at radius 3 is 2.27 bits per heavy atom. The summed E-state index contributed by atoms with van der Waals surface area (Å²) >= 11 is 3.37. The van der Waals surface area contributed by atoms with Crippen LogP contribution in [0.1, 0.15) is 45.4 Å². The second-order valence-corrected chi connectivity index (χ2v) is 4.35. The van der Waals surface area contributed by atoms with Crippen LogP contribution in [-0.4, -0.2) is 23.7 Å². The van der Waals surface area contributed by atoms with E-state index in [1.165, 1.54) is 26.2 Å². The largest absolute Gasteiger partial charge is 0.465 e. The quantitative estimate of drug-likeness (QED) is 0.282. The van der Waals surface area contributed by atoms with Crippen molar-refractivity contribution in [1.82, 2.24) is 0 Å². The molecule has 0 aliphatic carbocycles. The van der Waals surface area contributed by atoms with Crippen molar-refractivity contribution in [1.29, 1.82) is 0 Å². The first kappa shape index (κ1) is 14.6. The fourth-order valence-corrected chi connectivity index (χ4v) is 1.56. The monoisotopic (exact) mass is 278 g/mol. The minimum atomic E-state index is -0.400. The molecular formula is C11H19BrO3. The number of carbonyl (C=O) groups is 2. The van der Waals surface area contributed by atoms with E-state index in [1.807, 2.05) is 0 Å². The molecule has 15 heavy (non-hydrogen) atoms. The van der Waals surface area contributed by atoms with Crippen LogP contribution < -0.4 is 0 Å². The van der Waals surface area contributed by atoms with Crippen LogP contribution >= 0.6 is 15.9 Å². The van der Waals surface area contributed by atoms with Crippen molar-refractivity contribution in [3.63, 3.8) is 0 Å². The number of hydrogen-bond acceptors (Lipinski definition) is 3. The number of ether oxygens (including phenoxy) is 1. The van der Waals surface area contributed by atoms with Crippen LogP contribution in [0.25, 0.3) is 0 Å². The summed E-state index contributed by atoms with van der Waals surface area (Å²) < 4.78 is 4.89. The van der Waals surface area contributed by atoms with Crippen LogP contribution in [-0.2, 0) is 14.3 Å². The first-order valence-corrected chi connectivity index (χ1v) is 6.50. The fourth-order valence-electron chi connectivity index (χ4n) is 1.17. The lowest BCUT2D eigenvalue weighted by Crippen LogP contribution is -2.09. The van der Waals surface area contributed by atoms with E-state index in [-0.39, 0.29) is 12.2 Å². The molecule has 0 amide bonds. The molecule has 0 aliphatic heterocycles.